The molecule has 7 heteroatoms. The van der Waals surface area contributed by atoms with Crippen molar-refractivity contribution in [3.8, 4) is 5.75 Å². The minimum absolute atomic E-state index is 0.109. The van der Waals surface area contributed by atoms with Crippen molar-refractivity contribution in [2.24, 2.45) is 0 Å². The maximum Gasteiger partial charge on any atom is 0.348 e. The second-order valence-electron chi connectivity index (χ2n) is 4.24. The first-order valence-electron chi connectivity index (χ1n) is 6.04. The molecule has 3 N–H and O–H groups in total. The van der Waals surface area contributed by atoms with Gasteiger partial charge in [-0.1, -0.05) is 0 Å². The van der Waals surface area contributed by atoms with Gasteiger partial charge in [0.15, 0.2) is 0 Å². The van der Waals surface area contributed by atoms with E-state index in [0.717, 1.165) is 11.3 Å². The van der Waals surface area contributed by atoms with Crippen LogP contribution < -0.4 is 15.4 Å². The number of anilines is 2. The van der Waals surface area contributed by atoms with E-state index in [9.17, 15) is 9.59 Å². The van der Waals surface area contributed by atoms with Crippen LogP contribution in [0.15, 0.2) is 29.6 Å². The lowest BCUT2D eigenvalue weighted by Gasteiger charge is -2.09. The fourth-order valence-corrected chi connectivity index (χ4v) is 2.55. The molecule has 0 aliphatic heterocycles. The third kappa shape index (κ3) is 3.51. The van der Waals surface area contributed by atoms with Gasteiger partial charge in [0, 0.05) is 5.69 Å². The summed E-state index contributed by atoms with van der Waals surface area (Å²) in [7, 11) is 1.56. The molecule has 0 spiro atoms. The number of carboxylic acid groups (broad SMARTS) is 1. The molecule has 0 aliphatic carbocycles. The number of ether oxygens (including phenoxy) is 1. The van der Waals surface area contributed by atoms with Gasteiger partial charge in [-0.2, -0.15) is 0 Å². The van der Waals surface area contributed by atoms with E-state index in [1.807, 2.05) is 0 Å². The molecule has 0 fully saturated rings. The minimum atomic E-state index is -1.06. The van der Waals surface area contributed by atoms with Crippen LogP contribution in [0.2, 0.25) is 0 Å². The molecule has 2 amide bonds. The number of aromatic carboxylic acids is 1. The Morgan fingerprint density at radius 2 is 1.86 bits per heavy atom. The molecule has 0 aliphatic rings. The second kappa shape index (κ2) is 6.27. The normalized spacial score (nSPS) is 10.0. The Labute approximate surface area is 125 Å². The van der Waals surface area contributed by atoms with Crippen LogP contribution >= 0.6 is 11.3 Å². The van der Waals surface area contributed by atoms with Gasteiger partial charge in [-0.25, -0.2) is 9.59 Å². The van der Waals surface area contributed by atoms with Crippen molar-refractivity contribution in [3.63, 3.8) is 0 Å². The maximum absolute atomic E-state index is 11.9. The van der Waals surface area contributed by atoms with Gasteiger partial charge in [-0.15, -0.1) is 11.3 Å². The van der Waals surface area contributed by atoms with E-state index in [-0.39, 0.29) is 4.88 Å². The smallest absolute Gasteiger partial charge is 0.348 e. The fraction of sp³-hybridized carbons (Fsp3) is 0.143. The average Bonchev–Trinajstić information content (AvgIpc) is 2.81. The number of urea groups is 1. The van der Waals surface area contributed by atoms with Crippen LogP contribution in [0, 0.1) is 6.92 Å². The van der Waals surface area contributed by atoms with Crippen molar-refractivity contribution >= 4 is 34.7 Å². The van der Waals surface area contributed by atoms with E-state index < -0.39 is 12.0 Å². The molecule has 0 saturated carbocycles. The van der Waals surface area contributed by atoms with Crippen molar-refractivity contribution in [1.82, 2.24) is 0 Å². The summed E-state index contributed by atoms with van der Waals surface area (Å²) >= 11 is 1.08. The Hall–Kier alpha value is -2.54. The highest BCUT2D eigenvalue weighted by Crippen LogP contribution is 2.27. The molecule has 2 aromatic rings. The summed E-state index contributed by atoms with van der Waals surface area (Å²) in [6, 6.07) is 6.32. The predicted molar refractivity (Wildman–Crippen MR) is 81.7 cm³/mol. The number of carboxylic acids is 1. The van der Waals surface area contributed by atoms with Crippen molar-refractivity contribution < 1.29 is 19.4 Å². The van der Waals surface area contributed by atoms with E-state index >= 15 is 0 Å². The number of hydrogen-bond acceptors (Lipinski definition) is 4. The first kappa shape index (κ1) is 14.9. The molecular formula is C14H14N2O4S. The summed E-state index contributed by atoms with van der Waals surface area (Å²) in [5, 5.41) is 15.9. The van der Waals surface area contributed by atoms with E-state index in [2.05, 4.69) is 10.6 Å². The molecule has 1 aromatic carbocycles. The number of nitrogens with one attached hydrogen (secondary N) is 2. The summed E-state index contributed by atoms with van der Waals surface area (Å²) in [6.07, 6.45) is 0. The zero-order chi connectivity index (χ0) is 15.4. The van der Waals surface area contributed by atoms with Crippen LogP contribution in [0.25, 0.3) is 0 Å². The molecule has 1 heterocycles. The lowest BCUT2D eigenvalue weighted by atomic mass is 10.2. The molecule has 6 nitrogen and oxygen atoms in total. The van der Waals surface area contributed by atoms with Crippen molar-refractivity contribution in [2.75, 3.05) is 17.7 Å². The number of thiophene rings is 1. The first-order valence-corrected chi connectivity index (χ1v) is 6.92. The molecule has 0 atom stereocenters. The Morgan fingerprint density at radius 3 is 2.43 bits per heavy atom. The number of carbonyl (C=O) groups excluding carboxylic acids is 1. The van der Waals surface area contributed by atoms with Gasteiger partial charge < -0.3 is 20.5 Å². The molecule has 0 radical (unpaired) electrons. The molecule has 110 valence electrons. The Kier molecular flexibility index (Phi) is 4.44. The Morgan fingerprint density at radius 1 is 1.19 bits per heavy atom. The van der Waals surface area contributed by atoms with Gasteiger partial charge in [0.2, 0.25) is 0 Å². The SMILES string of the molecule is COc1ccc(NC(=O)Nc2c(C)csc2C(=O)O)cc1. The van der Waals surface area contributed by atoms with Crippen molar-refractivity contribution in [3.05, 3.63) is 40.1 Å². The molecule has 21 heavy (non-hydrogen) atoms. The lowest BCUT2D eigenvalue weighted by molar-refractivity contribution is 0.0703. The molecule has 0 bridgehead atoms. The predicted octanol–water partition coefficient (Wildman–Crippen LogP) is 3.41. The second-order valence-corrected chi connectivity index (χ2v) is 5.12. The third-order valence-electron chi connectivity index (χ3n) is 2.76. The highest BCUT2D eigenvalue weighted by Gasteiger charge is 2.17. The first-order chi connectivity index (χ1) is 10.0. The van der Waals surface area contributed by atoms with Crippen LogP contribution in [-0.2, 0) is 0 Å². The van der Waals surface area contributed by atoms with Crippen LogP contribution in [0.3, 0.4) is 0 Å². The van der Waals surface area contributed by atoms with Crippen LogP contribution in [0.4, 0.5) is 16.2 Å². The number of carbonyl (C=O) groups is 2. The molecule has 1 aromatic heterocycles. The molecule has 2 rings (SSSR count). The van der Waals surface area contributed by atoms with Crippen LogP contribution in [-0.4, -0.2) is 24.2 Å². The summed E-state index contributed by atoms with van der Waals surface area (Å²) in [4.78, 5) is 23.1. The average molecular weight is 306 g/mol. The van der Waals surface area contributed by atoms with Gasteiger partial charge in [0.25, 0.3) is 0 Å². The zero-order valence-electron chi connectivity index (χ0n) is 11.5. The van der Waals surface area contributed by atoms with E-state index in [1.54, 1.807) is 43.7 Å². The lowest BCUT2D eigenvalue weighted by Crippen LogP contribution is -2.20. The van der Waals surface area contributed by atoms with Gasteiger partial charge in [-0.05, 0) is 42.1 Å². The number of rotatable bonds is 4. The molecule has 0 unspecified atom stereocenters. The van der Waals surface area contributed by atoms with Gasteiger partial charge in [-0.3, -0.25) is 0 Å². The quantitative estimate of drug-likeness (QED) is 0.807. The highest BCUT2D eigenvalue weighted by atomic mass is 32.1. The third-order valence-corrected chi connectivity index (χ3v) is 3.84. The number of hydrogen-bond donors (Lipinski definition) is 3. The number of aryl methyl sites for hydroxylation is 1. The monoisotopic (exact) mass is 306 g/mol. The van der Waals surface area contributed by atoms with E-state index in [1.165, 1.54) is 0 Å². The van der Waals surface area contributed by atoms with E-state index in [0.29, 0.717) is 22.7 Å². The van der Waals surface area contributed by atoms with Gasteiger partial charge >= 0.3 is 12.0 Å². The van der Waals surface area contributed by atoms with Gasteiger partial charge in [0.1, 0.15) is 10.6 Å². The number of amides is 2. The molecule has 0 saturated heterocycles. The van der Waals surface area contributed by atoms with E-state index in [4.69, 9.17) is 9.84 Å². The van der Waals surface area contributed by atoms with Crippen molar-refractivity contribution in [1.29, 1.82) is 0 Å². The van der Waals surface area contributed by atoms with Crippen molar-refractivity contribution in [2.45, 2.75) is 6.92 Å². The summed E-state index contributed by atoms with van der Waals surface area (Å²) in [5.74, 6) is -0.379. The zero-order valence-corrected chi connectivity index (χ0v) is 12.3. The Balaban J connectivity index is 2.08. The standard InChI is InChI=1S/C14H14N2O4S/c1-8-7-21-12(13(17)18)11(8)16-14(19)15-9-3-5-10(20-2)6-4-9/h3-7H,1-2H3,(H,17,18)(H2,15,16,19). The Bertz CT molecular complexity index is 664. The molecular weight excluding hydrogens is 292 g/mol. The minimum Gasteiger partial charge on any atom is -0.497 e. The van der Waals surface area contributed by atoms with Crippen LogP contribution in [0.5, 0.6) is 5.75 Å². The topological polar surface area (TPSA) is 87.7 Å². The summed E-state index contributed by atoms with van der Waals surface area (Å²) < 4.78 is 5.02. The highest BCUT2D eigenvalue weighted by molar-refractivity contribution is 7.12. The van der Waals surface area contributed by atoms with Gasteiger partial charge in [0.05, 0.1) is 12.8 Å². The fourth-order valence-electron chi connectivity index (χ4n) is 1.71. The maximum atomic E-state index is 11.9. The summed E-state index contributed by atoms with van der Waals surface area (Å²) in [5.41, 5.74) is 1.61. The number of benzene rings is 1. The number of methoxy groups -OCH3 is 1. The largest absolute Gasteiger partial charge is 0.497 e. The summed E-state index contributed by atoms with van der Waals surface area (Å²) in [6.45, 7) is 1.74. The van der Waals surface area contributed by atoms with Crippen LogP contribution in [0.1, 0.15) is 15.2 Å².